The van der Waals surface area contributed by atoms with Gasteiger partial charge in [-0.05, 0) is 64.2 Å². The number of hydrogen-bond acceptors (Lipinski definition) is 7. The maximum Gasteiger partial charge on any atom is 0.361 e. The summed E-state index contributed by atoms with van der Waals surface area (Å²) in [7, 11) is 5.96. The molecular weight excluding hydrogens is 779 g/mol. The van der Waals surface area contributed by atoms with E-state index in [0.717, 1.165) is 51.4 Å². The Morgan fingerprint density at radius 2 is 0.823 bits per heavy atom. The highest BCUT2D eigenvalue weighted by molar-refractivity contribution is 5.71. The monoisotopic (exact) mass is 879 g/mol. The lowest BCUT2D eigenvalue weighted by atomic mass is 10.1. The molecule has 0 fully saturated rings. The van der Waals surface area contributed by atoms with Crippen molar-refractivity contribution in [3.63, 3.8) is 0 Å². The number of carboxylic acid groups (broad SMARTS) is 1. The van der Waals surface area contributed by atoms with Gasteiger partial charge in [0.25, 0.3) is 6.29 Å². The summed E-state index contributed by atoms with van der Waals surface area (Å²) in [5, 5.41) is 9.67. The van der Waals surface area contributed by atoms with Crippen molar-refractivity contribution >= 4 is 17.9 Å². The van der Waals surface area contributed by atoms with E-state index in [1.807, 2.05) is 21.1 Å². The van der Waals surface area contributed by atoms with Crippen LogP contribution in [0.2, 0.25) is 0 Å². The zero-order valence-electron chi connectivity index (χ0n) is 41.3. The van der Waals surface area contributed by atoms with Crippen molar-refractivity contribution in [3.8, 4) is 0 Å². The fourth-order valence-corrected chi connectivity index (χ4v) is 7.36. The number of aliphatic carboxylic acids is 1. The van der Waals surface area contributed by atoms with E-state index in [9.17, 15) is 19.5 Å². The van der Waals surface area contributed by atoms with Crippen molar-refractivity contribution in [1.82, 2.24) is 0 Å². The van der Waals surface area contributed by atoms with Crippen molar-refractivity contribution in [2.24, 2.45) is 0 Å². The maximum atomic E-state index is 12.8. The molecule has 0 rings (SSSR count). The molecule has 0 aliphatic heterocycles. The van der Waals surface area contributed by atoms with Crippen LogP contribution in [0.25, 0.3) is 0 Å². The van der Waals surface area contributed by atoms with Gasteiger partial charge in [-0.25, -0.2) is 4.79 Å². The highest BCUT2D eigenvalue weighted by atomic mass is 16.7. The topological polar surface area (TPSA) is 108 Å². The van der Waals surface area contributed by atoms with Crippen LogP contribution in [0.3, 0.4) is 0 Å². The summed E-state index contributed by atoms with van der Waals surface area (Å²) in [5.41, 5.74) is 0. The first-order valence-corrected chi connectivity index (χ1v) is 26.0. The van der Waals surface area contributed by atoms with E-state index in [-0.39, 0.29) is 32.2 Å². The van der Waals surface area contributed by atoms with Gasteiger partial charge in [0, 0.05) is 12.8 Å². The minimum atomic E-state index is -1.51. The van der Waals surface area contributed by atoms with E-state index in [4.69, 9.17) is 18.9 Å². The Kier molecular flexibility index (Phi) is 43.7. The number of hydrogen-bond donors (Lipinski definition) is 1. The van der Waals surface area contributed by atoms with Gasteiger partial charge in [-0.3, -0.25) is 9.59 Å². The van der Waals surface area contributed by atoms with E-state index < -0.39 is 24.3 Å². The number of likely N-dealkylation sites (N-methyl/N-ethyl adjacent to an activating group) is 1. The molecule has 9 nitrogen and oxygen atoms in total. The fraction of sp³-hybridized carbons (Fsp3) is 0.868. The van der Waals surface area contributed by atoms with E-state index >= 15 is 0 Å². The van der Waals surface area contributed by atoms with Crippen LogP contribution in [0.15, 0.2) is 24.3 Å². The van der Waals surface area contributed by atoms with E-state index in [0.29, 0.717) is 17.4 Å². The highest BCUT2D eigenvalue weighted by Crippen LogP contribution is 2.15. The molecule has 0 amide bonds. The molecule has 0 aliphatic carbocycles. The molecule has 0 saturated carbocycles. The second-order valence-corrected chi connectivity index (χ2v) is 18.8. The molecule has 364 valence electrons. The second kappa shape index (κ2) is 45.3. The molecule has 0 spiro atoms. The summed E-state index contributed by atoms with van der Waals surface area (Å²) in [6.45, 7) is 4.88. The Morgan fingerprint density at radius 1 is 0.468 bits per heavy atom. The quantitative estimate of drug-likeness (QED) is 0.0212. The summed E-state index contributed by atoms with van der Waals surface area (Å²) in [6.07, 6.45) is 48.1. The van der Waals surface area contributed by atoms with Crippen LogP contribution >= 0.6 is 0 Å². The Bertz CT molecular complexity index is 1070. The normalized spacial score (nSPS) is 13.0. The van der Waals surface area contributed by atoms with Gasteiger partial charge in [-0.1, -0.05) is 186 Å². The molecule has 1 N–H and O–H groups in total. The van der Waals surface area contributed by atoms with Gasteiger partial charge >= 0.3 is 17.9 Å². The number of quaternary nitrogens is 1. The summed E-state index contributed by atoms with van der Waals surface area (Å²) in [5.74, 6) is -2.01. The Balaban J connectivity index is 4.32. The zero-order chi connectivity index (χ0) is 45.6. The predicted octanol–water partition coefficient (Wildman–Crippen LogP) is 14.4. The van der Waals surface area contributed by atoms with Crippen LogP contribution in [0.5, 0.6) is 0 Å². The first-order valence-electron chi connectivity index (χ1n) is 26.0. The van der Waals surface area contributed by atoms with Crippen LogP contribution in [0, 0.1) is 0 Å². The van der Waals surface area contributed by atoms with E-state index in [1.54, 1.807) is 0 Å². The van der Waals surface area contributed by atoms with Crippen molar-refractivity contribution < 1.29 is 42.9 Å². The molecule has 2 atom stereocenters. The second-order valence-electron chi connectivity index (χ2n) is 18.8. The van der Waals surface area contributed by atoms with Gasteiger partial charge in [0.15, 0.2) is 6.10 Å². The number of nitrogens with zero attached hydrogens (tertiary/aromatic N) is 1. The number of carbonyl (C=O) groups excluding carboxylic acids is 2. The molecule has 0 heterocycles. The van der Waals surface area contributed by atoms with Crippen LogP contribution < -0.4 is 0 Å². The summed E-state index contributed by atoms with van der Waals surface area (Å²) < 4.78 is 22.8. The minimum absolute atomic E-state index is 0.184. The average molecular weight is 879 g/mol. The van der Waals surface area contributed by atoms with Gasteiger partial charge in [0.2, 0.25) is 0 Å². The molecule has 0 aromatic rings. The van der Waals surface area contributed by atoms with Gasteiger partial charge in [-0.2, -0.15) is 0 Å². The van der Waals surface area contributed by atoms with Crippen LogP contribution in [0.1, 0.15) is 239 Å². The standard InChI is InChI=1S/C53H99NO8/c1-6-8-10-12-14-16-18-20-22-24-25-26-27-28-30-32-34-36-38-40-42-44-51(56)62-49(48-61-53(52(57)58)59-46-45-54(3,4)5)47-60-50(55)43-41-39-37-35-33-31-29-23-21-19-17-15-13-11-9-7-2/h23-25,29,49,53H,6-22,26-28,30-48H2,1-5H3/p+1/b25-24-,29-23-. The molecule has 0 aromatic carbocycles. The molecule has 62 heavy (non-hydrogen) atoms. The van der Waals surface area contributed by atoms with Gasteiger partial charge in [0.05, 0.1) is 34.4 Å². The first-order chi connectivity index (χ1) is 30.1. The predicted molar refractivity (Wildman–Crippen MR) is 258 cm³/mol. The van der Waals surface area contributed by atoms with E-state index in [2.05, 4.69) is 38.2 Å². The first kappa shape index (κ1) is 59.8. The van der Waals surface area contributed by atoms with Gasteiger partial charge in [-0.15, -0.1) is 0 Å². The largest absolute Gasteiger partial charge is 0.477 e. The van der Waals surface area contributed by atoms with Crippen molar-refractivity contribution in [3.05, 3.63) is 24.3 Å². The Labute approximate surface area is 382 Å². The highest BCUT2D eigenvalue weighted by Gasteiger charge is 2.25. The minimum Gasteiger partial charge on any atom is -0.477 e. The Morgan fingerprint density at radius 3 is 1.19 bits per heavy atom. The molecule has 0 bridgehead atoms. The number of ether oxygens (including phenoxy) is 4. The SMILES string of the molecule is CCCCCCCCC/C=C\CCCCCCCC(=O)OCC(COC(OCC[N+](C)(C)C)C(=O)O)OC(=O)CCCCCCCCCCC/C=C\CCCCCCCCCC. The summed E-state index contributed by atoms with van der Waals surface area (Å²) in [4.78, 5) is 37.3. The molecule has 2 unspecified atom stereocenters. The number of carboxylic acids is 1. The lowest BCUT2D eigenvalue weighted by Gasteiger charge is -2.25. The molecular formula is C53H100NO8+. The van der Waals surface area contributed by atoms with Crippen molar-refractivity contribution in [1.29, 1.82) is 0 Å². The van der Waals surface area contributed by atoms with Gasteiger partial charge in [0.1, 0.15) is 13.2 Å². The van der Waals surface area contributed by atoms with Crippen molar-refractivity contribution in [2.45, 2.75) is 251 Å². The molecule has 0 aromatic heterocycles. The third-order valence-electron chi connectivity index (χ3n) is 11.4. The number of allylic oxidation sites excluding steroid dienone is 4. The van der Waals surface area contributed by atoms with Crippen LogP contribution in [-0.4, -0.2) is 87.4 Å². The number of carbonyl (C=O) groups is 3. The molecule has 9 heteroatoms. The molecule has 0 aliphatic rings. The van der Waals surface area contributed by atoms with Crippen LogP contribution in [-0.2, 0) is 33.3 Å². The molecule has 0 saturated heterocycles. The third kappa shape index (κ3) is 45.8. The average Bonchev–Trinajstić information content (AvgIpc) is 3.23. The maximum absolute atomic E-state index is 12.8. The molecule has 0 radical (unpaired) electrons. The lowest BCUT2D eigenvalue weighted by molar-refractivity contribution is -0.870. The fourth-order valence-electron chi connectivity index (χ4n) is 7.36. The summed E-state index contributed by atoms with van der Waals surface area (Å²) >= 11 is 0. The van der Waals surface area contributed by atoms with E-state index in [1.165, 1.54) is 161 Å². The zero-order valence-corrected chi connectivity index (χ0v) is 41.3. The lowest BCUT2D eigenvalue weighted by Crippen LogP contribution is -2.40. The summed E-state index contributed by atoms with van der Waals surface area (Å²) in [6, 6.07) is 0. The smallest absolute Gasteiger partial charge is 0.361 e. The van der Waals surface area contributed by atoms with Crippen molar-refractivity contribution in [2.75, 3.05) is 47.5 Å². The number of esters is 2. The number of rotatable bonds is 48. The Hall–Kier alpha value is -2.23. The third-order valence-corrected chi connectivity index (χ3v) is 11.4. The number of unbranched alkanes of at least 4 members (excludes halogenated alkanes) is 29. The van der Waals surface area contributed by atoms with Gasteiger partial charge < -0.3 is 28.5 Å². The van der Waals surface area contributed by atoms with Crippen LogP contribution in [0.4, 0.5) is 0 Å².